The molecule has 1 fully saturated rings. The number of carbonyl (C=O) groups is 1. The molecule has 1 aliphatic heterocycles. The molecule has 0 saturated carbocycles. The number of aliphatic hydroxyl groups excluding tert-OH is 1. The van der Waals surface area contributed by atoms with Crippen LogP contribution >= 0.6 is 0 Å². The predicted molar refractivity (Wildman–Crippen MR) is 85.8 cm³/mol. The first-order chi connectivity index (χ1) is 10.6. The molecule has 0 bridgehead atoms. The second kappa shape index (κ2) is 6.45. The number of ether oxygens (including phenoxy) is 1. The van der Waals surface area contributed by atoms with Gasteiger partial charge in [0.05, 0.1) is 17.9 Å². The monoisotopic (exact) mass is 322 g/mol. The highest BCUT2D eigenvalue weighted by Crippen LogP contribution is 2.35. The maximum atomic E-state index is 12.1. The summed E-state index contributed by atoms with van der Waals surface area (Å²) in [5.41, 5.74) is 0.471. The van der Waals surface area contributed by atoms with E-state index in [1.807, 2.05) is 33.8 Å². The highest BCUT2D eigenvalue weighted by atomic mass is 16.6. The Hall–Kier alpha value is -1.66. The van der Waals surface area contributed by atoms with E-state index in [9.17, 15) is 15.0 Å². The lowest BCUT2D eigenvalue weighted by molar-refractivity contribution is -0.0369. The second-order valence-electron chi connectivity index (χ2n) is 7.16. The van der Waals surface area contributed by atoms with Crippen molar-refractivity contribution in [1.29, 1.82) is 0 Å². The van der Waals surface area contributed by atoms with E-state index >= 15 is 0 Å². The Labute approximate surface area is 137 Å². The molecule has 0 unspecified atom stereocenters. The molecule has 1 aliphatic rings. The molecular weight excluding hydrogens is 296 g/mol. The van der Waals surface area contributed by atoms with E-state index < -0.39 is 11.2 Å². The van der Waals surface area contributed by atoms with Crippen LogP contribution < -0.4 is 0 Å². The molecule has 128 valence electrons. The largest absolute Gasteiger partial charge is 0.444 e. The SMILES string of the molecule is Cc1cnc(CO)c(C2(O)CCN(C(=O)OC(C)(C)C)CC2)c1. The number of hydrogen-bond donors (Lipinski definition) is 2. The first-order valence-electron chi connectivity index (χ1n) is 7.92. The summed E-state index contributed by atoms with van der Waals surface area (Å²) in [5, 5.41) is 20.4. The van der Waals surface area contributed by atoms with E-state index in [2.05, 4.69) is 4.98 Å². The summed E-state index contributed by atoms with van der Waals surface area (Å²) in [5.74, 6) is 0. The summed E-state index contributed by atoms with van der Waals surface area (Å²) < 4.78 is 5.37. The van der Waals surface area contributed by atoms with E-state index in [-0.39, 0.29) is 12.7 Å². The van der Waals surface area contributed by atoms with Crippen LogP contribution in [0, 0.1) is 6.92 Å². The van der Waals surface area contributed by atoms with Gasteiger partial charge in [-0.05, 0) is 52.2 Å². The van der Waals surface area contributed by atoms with Crippen LogP contribution in [0.4, 0.5) is 4.79 Å². The Kier molecular flexibility index (Phi) is 4.96. The molecule has 2 rings (SSSR count). The van der Waals surface area contributed by atoms with Gasteiger partial charge in [-0.3, -0.25) is 4.98 Å². The van der Waals surface area contributed by atoms with Crippen LogP contribution in [-0.2, 0) is 16.9 Å². The van der Waals surface area contributed by atoms with Crippen molar-refractivity contribution in [3.63, 3.8) is 0 Å². The van der Waals surface area contributed by atoms with E-state index in [4.69, 9.17) is 4.74 Å². The number of pyridine rings is 1. The third-order valence-corrected chi connectivity index (χ3v) is 4.00. The quantitative estimate of drug-likeness (QED) is 0.871. The number of aromatic nitrogens is 1. The van der Waals surface area contributed by atoms with Crippen LogP contribution in [0.3, 0.4) is 0 Å². The minimum atomic E-state index is -1.07. The summed E-state index contributed by atoms with van der Waals surface area (Å²) in [6.07, 6.45) is 2.10. The smallest absolute Gasteiger partial charge is 0.410 e. The molecular formula is C17H26N2O4. The second-order valence-corrected chi connectivity index (χ2v) is 7.16. The van der Waals surface area contributed by atoms with Gasteiger partial charge in [-0.1, -0.05) is 0 Å². The highest BCUT2D eigenvalue weighted by molar-refractivity contribution is 5.68. The van der Waals surface area contributed by atoms with Crippen molar-refractivity contribution in [3.05, 3.63) is 29.1 Å². The first kappa shape index (κ1) is 17.7. The van der Waals surface area contributed by atoms with E-state index in [1.165, 1.54) is 0 Å². The average Bonchev–Trinajstić information content (AvgIpc) is 2.46. The number of aliphatic hydroxyl groups is 2. The van der Waals surface area contributed by atoms with Gasteiger partial charge in [0.1, 0.15) is 5.60 Å². The minimum Gasteiger partial charge on any atom is -0.444 e. The summed E-state index contributed by atoms with van der Waals surface area (Å²) >= 11 is 0. The van der Waals surface area contributed by atoms with Crippen LogP contribution in [0.5, 0.6) is 0 Å². The van der Waals surface area contributed by atoms with Crippen molar-refractivity contribution in [2.45, 2.75) is 58.3 Å². The predicted octanol–water partition coefficient (Wildman–Crippen LogP) is 2.10. The van der Waals surface area contributed by atoms with Gasteiger partial charge in [0.2, 0.25) is 0 Å². The number of piperidine rings is 1. The Morgan fingerprint density at radius 3 is 2.52 bits per heavy atom. The molecule has 1 amide bonds. The van der Waals surface area contributed by atoms with Crippen LogP contribution in [0.2, 0.25) is 0 Å². The van der Waals surface area contributed by atoms with Gasteiger partial charge in [0, 0.05) is 24.8 Å². The summed E-state index contributed by atoms with van der Waals surface area (Å²) in [6.45, 7) is 7.99. The van der Waals surface area contributed by atoms with Crippen molar-refractivity contribution in [1.82, 2.24) is 9.88 Å². The molecule has 6 nitrogen and oxygen atoms in total. The molecule has 1 aromatic rings. The molecule has 0 spiro atoms. The van der Waals surface area contributed by atoms with Crippen LogP contribution in [0.25, 0.3) is 0 Å². The summed E-state index contributed by atoms with van der Waals surface area (Å²) in [6, 6.07) is 1.86. The number of hydrogen-bond acceptors (Lipinski definition) is 5. The van der Waals surface area contributed by atoms with Gasteiger partial charge in [-0.2, -0.15) is 0 Å². The Morgan fingerprint density at radius 1 is 1.39 bits per heavy atom. The number of nitrogens with zero attached hydrogens (tertiary/aromatic N) is 2. The molecule has 6 heteroatoms. The molecule has 0 atom stereocenters. The Morgan fingerprint density at radius 2 is 2.00 bits per heavy atom. The van der Waals surface area contributed by atoms with E-state index in [0.29, 0.717) is 37.2 Å². The number of rotatable bonds is 2. The van der Waals surface area contributed by atoms with Crippen LogP contribution in [0.1, 0.15) is 50.4 Å². The topological polar surface area (TPSA) is 82.9 Å². The van der Waals surface area contributed by atoms with Gasteiger partial charge in [0.25, 0.3) is 0 Å². The number of carbonyl (C=O) groups excluding carboxylic acids is 1. The molecule has 1 aromatic heterocycles. The fourth-order valence-electron chi connectivity index (χ4n) is 2.78. The van der Waals surface area contributed by atoms with E-state index in [0.717, 1.165) is 5.56 Å². The van der Waals surface area contributed by atoms with Gasteiger partial charge in [0.15, 0.2) is 0 Å². The van der Waals surface area contributed by atoms with Crippen LogP contribution in [-0.4, -0.2) is 44.9 Å². The molecule has 0 aromatic carbocycles. The maximum absolute atomic E-state index is 12.1. The molecule has 1 saturated heterocycles. The van der Waals surface area contributed by atoms with Gasteiger partial charge >= 0.3 is 6.09 Å². The maximum Gasteiger partial charge on any atom is 0.410 e. The summed E-state index contributed by atoms with van der Waals surface area (Å²) in [7, 11) is 0. The van der Waals surface area contributed by atoms with Gasteiger partial charge < -0.3 is 19.8 Å². The van der Waals surface area contributed by atoms with Gasteiger partial charge in [-0.15, -0.1) is 0 Å². The zero-order valence-electron chi connectivity index (χ0n) is 14.3. The van der Waals surface area contributed by atoms with Crippen molar-refractivity contribution >= 4 is 6.09 Å². The van der Waals surface area contributed by atoms with E-state index in [1.54, 1.807) is 11.1 Å². The first-order valence-corrected chi connectivity index (χ1v) is 7.92. The Bertz CT molecular complexity index is 572. The minimum absolute atomic E-state index is 0.215. The van der Waals surface area contributed by atoms with Crippen molar-refractivity contribution in [2.24, 2.45) is 0 Å². The lowest BCUT2D eigenvalue weighted by Crippen LogP contribution is -2.47. The molecule has 23 heavy (non-hydrogen) atoms. The number of aryl methyl sites for hydroxylation is 1. The number of likely N-dealkylation sites (tertiary alicyclic amines) is 1. The normalized spacial score (nSPS) is 17.9. The molecule has 0 radical (unpaired) electrons. The van der Waals surface area contributed by atoms with Crippen LogP contribution in [0.15, 0.2) is 12.3 Å². The lowest BCUT2D eigenvalue weighted by atomic mass is 9.83. The summed E-state index contributed by atoms with van der Waals surface area (Å²) in [4.78, 5) is 17.9. The molecule has 0 aliphatic carbocycles. The number of amides is 1. The van der Waals surface area contributed by atoms with Crippen molar-refractivity contribution < 1.29 is 19.7 Å². The molecule has 2 heterocycles. The van der Waals surface area contributed by atoms with Crippen molar-refractivity contribution in [2.75, 3.05) is 13.1 Å². The van der Waals surface area contributed by atoms with Crippen molar-refractivity contribution in [3.8, 4) is 0 Å². The molecule has 2 N–H and O–H groups in total. The Balaban J connectivity index is 2.11. The fourth-order valence-corrected chi connectivity index (χ4v) is 2.78. The highest BCUT2D eigenvalue weighted by Gasteiger charge is 2.38. The zero-order valence-corrected chi connectivity index (χ0v) is 14.3. The standard InChI is InChI=1S/C17H26N2O4/c1-12-9-13(14(11-20)18-10-12)17(22)5-7-19(8-6-17)15(21)23-16(2,3)4/h9-10,20,22H,5-8,11H2,1-4H3. The average molecular weight is 322 g/mol. The van der Waals surface area contributed by atoms with Gasteiger partial charge in [-0.25, -0.2) is 4.79 Å². The third-order valence-electron chi connectivity index (χ3n) is 4.00. The fraction of sp³-hybridized carbons (Fsp3) is 0.647. The lowest BCUT2D eigenvalue weighted by Gasteiger charge is -2.39. The zero-order chi connectivity index (χ0) is 17.3. The third kappa shape index (κ3) is 4.20.